The van der Waals surface area contributed by atoms with Gasteiger partial charge in [0, 0.05) is 12.5 Å². The number of hydrogen-bond donors (Lipinski definition) is 0. The molecule has 0 bridgehead atoms. The molecule has 0 aliphatic rings. The molecular weight excluding hydrogens is 535 g/mol. The van der Waals surface area contributed by atoms with Gasteiger partial charge in [0.05, 0.1) is 21.2 Å². The van der Waals surface area contributed by atoms with Gasteiger partial charge in [-0.25, -0.2) is 13.1 Å². The Morgan fingerprint density at radius 2 is 1.74 bits per heavy atom. The van der Waals surface area contributed by atoms with E-state index in [-0.39, 0.29) is 17.2 Å². The minimum absolute atomic E-state index is 0.125. The van der Waals surface area contributed by atoms with Crippen LogP contribution in [0.2, 0.25) is 0 Å². The van der Waals surface area contributed by atoms with Crippen LogP contribution in [0.1, 0.15) is 11.4 Å². The number of halogens is 3. The first-order valence-corrected chi connectivity index (χ1v) is 14.1. The molecule has 3 heterocycles. The fraction of sp³-hybridized carbons (Fsp3) is 0.111. The second-order valence-electron chi connectivity index (χ2n) is 8.40. The van der Waals surface area contributed by atoms with Crippen LogP contribution in [0.3, 0.4) is 0 Å². The Kier molecular flexibility index (Phi) is 6.80. The van der Waals surface area contributed by atoms with Crippen molar-refractivity contribution in [3.05, 3.63) is 102 Å². The molecule has 6 nitrogen and oxygen atoms in total. The third-order valence-electron chi connectivity index (χ3n) is 5.64. The van der Waals surface area contributed by atoms with Gasteiger partial charge in [-0.1, -0.05) is 30.3 Å². The molecule has 0 N–H and O–H groups in total. The molecule has 0 saturated carbocycles. The third kappa shape index (κ3) is 5.48. The van der Waals surface area contributed by atoms with Crippen molar-refractivity contribution in [1.82, 2.24) is 14.8 Å². The fourth-order valence-corrected chi connectivity index (χ4v) is 5.38. The molecule has 5 aromatic rings. The van der Waals surface area contributed by atoms with E-state index in [1.54, 1.807) is 72.2 Å². The van der Waals surface area contributed by atoms with Crippen molar-refractivity contribution >= 4 is 21.2 Å². The summed E-state index contributed by atoms with van der Waals surface area (Å²) in [4.78, 5) is 4.90. The quantitative estimate of drug-likeness (QED) is 0.224. The van der Waals surface area contributed by atoms with Gasteiger partial charge in [0.15, 0.2) is 15.5 Å². The van der Waals surface area contributed by atoms with Crippen molar-refractivity contribution in [3.8, 4) is 33.1 Å². The number of sulfone groups is 1. The van der Waals surface area contributed by atoms with E-state index in [0.29, 0.717) is 33.1 Å². The summed E-state index contributed by atoms with van der Waals surface area (Å²) in [7, 11) is -3.42. The molecule has 11 heteroatoms. The highest BCUT2D eigenvalue weighted by molar-refractivity contribution is 7.90. The van der Waals surface area contributed by atoms with E-state index in [4.69, 9.17) is 4.74 Å². The largest absolute Gasteiger partial charge is 0.485 e. The second-order valence-corrected chi connectivity index (χ2v) is 11.3. The smallest absolute Gasteiger partial charge is 0.435 e. The van der Waals surface area contributed by atoms with E-state index in [1.807, 2.05) is 6.07 Å². The normalized spacial score (nSPS) is 12.0. The van der Waals surface area contributed by atoms with E-state index in [9.17, 15) is 21.6 Å². The molecule has 194 valence electrons. The highest BCUT2D eigenvalue weighted by Gasteiger charge is 2.36. The second kappa shape index (κ2) is 10.1. The van der Waals surface area contributed by atoms with Gasteiger partial charge < -0.3 is 4.74 Å². The van der Waals surface area contributed by atoms with Crippen LogP contribution in [0.25, 0.3) is 27.4 Å². The highest BCUT2D eigenvalue weighted by Crippen LogP contribution is 2.39. The summed E-state index contributed by atoms with van der Waals surface area (Å²) in [5, 5.41) is 5.66. The summed E-state index contributed by atoms with van der Waals surface area (Å²) < 4.78 is 72.3. The van der Waals surface area contributed by atoms with Gasteiger partial charge in [0.2, 0.25) is 0 Å². The van der Waals surface area contributed by atoms with Gasteiger partial charge in [0.25, 0.3) is 0 Å². The zero-order valence-electron chi connectivity index (χ0n) is 19.9. The summed E-state index contributed by atoms with van der Waals surface area (Å²) in [6, 6.07) is 21.2. The number of ether oxygens (including phenoxy) is 1. The van der Waals surface area contributed by atoms with Crippen LogP contribution in [0.15, 0.2) is 95.3 Å². The van der Waals surface area contributed by atoms with Crippen molar-refractivity contribution in [2.75, 3.05) is 6.26 Å². The van der Waals surface area contributed by atoms with Crippen molar-refractivity contribution in [2.24, 2.45) is 0 Å². The lowest BCUT2D eigenvalue weighted by atomic mass is 10.1. The van der Waals surface area contributed by atoms with Crippen LogP contribution in [-0.2, 0) is 22.6 Å². The predicted octanol–water partition coefficient (Wildman–Crippen LogP) is 6.66. The molecule has 0 saturated heterocycles. The maximum Gasteiger partial charge on any atom is 0.435 e. The molecule has 5 rings (SSSR count). The lowest BCUT2D eigenvalue weighted by Gasteiger charge is -2.13. The number of nitrogens with zero attached hydrogens (tertiary/aromatic N) is 3. The number of hydrogen-bond acceptors (Lipinski definition) is 6. The molecule has 38 heavy (non-hydrogen) atoms. The summed E-state index contributed by atoms with van der Waals surface area (Å²) in [6.07, 6.45) is -1.91. The Hall–Kier alpha value is -3.96. The van der Waals surface area contributed by atoms with Crippen molar-refractivity contribution in [3.63, 3.8) is 0 Å². The van der Waals surface area contributed by atoms with E-state index >= 15 is 0 Å². The molecule has 0 unspecified atom stereocenters. The maximum atomic E-state index is 13.7. The van der Waals surface area contributed by atoms with Gasteiger partial charge >= 0.3 is 6.18 Å². The average molecular weight is 556 g/mol. The molecule has 0 amide bonds. The molecule has 0 radical (unpaired) electrons. The Morgan fingerprint density at radius 3 is 2.47 bits per heavy atom. The first-order chi connectivity index (χ1) is 18.1. The number of aromatic nitrogens is 3. The molecule has 0 fully saturated rings. The van der Waals surface area contributed by atoms with E-state index < -0.39 is 21.7 Å². The zero-order valence-corrected chi connectivity index (χ0v) is 21.5. The SMILES string of the molecule is CS(=O)(=O)c1cccc(-c2csc(-c3cc(C(F)(F)F)nn3-c3ccccc3OCc3ccccn3)c2)c1. The molecule has 2 aromatic carbocycles. The Labute approximate surface area is 220 Å². The van der Waals surface area contributed by atoms with Gasteiger partial charge in [-0.2, -0.15) is 18.3 Å². The van der Waals surface area contributed by atoms with Gasteiger partial charge in [-0.15, -0.1) is 11.3 Å². The van der Waals surface area contributed by atoms with Gasteiger partial charge in [-0.05, 0) is 65.0 Å². The predicted molar refractivity (Wildman–Crippen MR) is 139 cm³/mol. The minimum Gasteiger partial charge on any atom is -0.485 e. The standard InChI is InChI=1S/C27H20F3N3O3S2/c1-38(34,35)21-9-6-7-18(13-21)19-14-25(37-17-19)23-15-26(27(28,29)30)32-33(23)22-10-2-3-11-24(22)36-16-20-8-4-5-12-31-20/h2-15,17H,16H2,1H3. The number of benzene rings is 2. The maximum absolute atomic E-state index is 13.7. The Balaban J connectivity index is 1.56. The molecular formula is C27H20F3N3O3S2. The van der Waals surface area contributed by atoms with Crippen LogP contribution in [0.5, 0.6) is 5.75 Å². The van der Waals surface area contributed by atoms with Crippen LogP contribution < -0.4 is 4.74 Å². The first kappa shape index (κ1) is 25.7. The fourth-order valence-electron chi connectivity index (χ4n) is 3.80. The molecule has 0 atom stereocenters. The molecule has 0 spiro atoms. The third-order valence-corrected chi connectivity index (χ3v) is 7.71. The van der Waals surface area contributed by atoms with Crippen LogP contribution in [0.4, 0.5) is 13.2 Å². The summed E-state index contributed by atoms with van der Waals surface area (Å²) in [5.74, 6) is 0.342. The number of para-hydroxylation sites is 2. The van der Waals surface area contributed by atoms with Crippen molar-refractivity contribution in [1.29, 1.82) is 0 Å². The van der Waals surface area contributed by atoms with Crippen LogP contribution in [0, 0.1) is 0 Å². The van der Waals surface area contributed by atoms with E-state index in [1.165, 1.54) is 22.1 Å². The number of thiophene rings is 1. The summed E-state index contributed by atoms with van der Waals surface area (Å²) in [5.41, 5.74) is 1.50. The number of alkyl halides is 3. The average Bonchev–Trinajstić information content (AvgIpc) is 3.56. The van der Waals surface area contributed by atoms with Crippen molar-refractivity contribution in [2.45, 2.75) is 17.7 Å². The molecule has 3 aromatic heterocycles. The Morgan fingerprint density at radius 1 is 0.947 bits per heavy atom. The highest BCUT2D eigenvalue weighted by atomic mass is 32.2. The monoisotopic (exact) mass is 555 g/mol. The van der Waals surface area contributed by atoms with E-state index in [2.05, 4.69) is 10.1 Å². The number of pyridine rings is 1. The van der Waals surface area contributed by atoms with Crippen molar-refractivity contribution < 1.29 is 26.3 Å². The number of rotatable bonds is 7. The van der Waals surface area contributed by atoms with Gasteiger partial charge in [0.1, 0.15) is 18.0 Å². The zero-order chi connectivity index (χ0) is 26.9. The lowest BCUT2D eigenvalue weighted by Crippen LogP contribution is -2.08. The summed E-state index contributed by atoms with van der Waals surface area (Å²) >= 11 is 1.23. The van der Waals surface area contributed by atoms with Gasteiger partial charge in [-0.3, -0.25) is 4.98 Å². The Bertz CT molecular complexity index is 1700. The van der Waals surface area contributed by atoms with E-state index in [0.717, 1.165) is 12.3 Å². The summed E-state index contributed by atoms with van der Waals surface area (Å²) in [6.45, 7) is 0.125. The molecule has 0 aliphatic heterocycles. The lowest BCUT2D eigenvalue weighted by molar-refractivity contribution is -0.141. The topological polar surface area (TPSA) is 74.1 Å². The minimum atomic E-state index is -4.66. The molecule has 0 aliphatic carbocycles. The van der Waals surface area contributed by atoms with Crippen LogP contribution >= 0.6 is 11.3 Å². The first-order valence-electron chi connectivity index (χ1n) is 11.3. The van der Waals surface area contributed by atoms with Crippen LogP contribution in [-0.4, -0.2) is 29.4 Å².